The molecule has 1 N–H and O–H groups in total. The van der Waals surface area contributed by atoms with Gasteiger partial charge in [0.2, 0.25) is 0 Å². The third kappa shape index (κ3) is 3.48. The van der Waals surface area contributed by atoms with Crippen molar-refractivity contribution in [2.24, 2.45) is 0 Å². The lowest BCUT2D eigenvalue weighted by molar-refractivity contribution is -0.143. The van der Waals surface area contributed by atoms with E-state index in [-0.39, 0.29) is 17.4 Å². The van der Waals surface area contributed by atoms with Crippen molar-refractivity contribution in [3.63, 3.8) is 0 Å². The van der Waals surface area contributed by atoms with Crippen molar-refractivity contribution >= 4 is 0 Å². The van der Waals surface area contributed by atoms with Crippen LogP contribution in [0.1, 0.15) is 42.0 Å². The van der Waals surface area contributed by atoms with Crippen LogP contribution in [0, 0.1) is 0 Å². The predicted octanol–water partition coefficient (Wildman–Crippen LogP) is 4.55. The number of piperidine rings is 1. The first kappa shape index (κ1) is 16.9. The fraction of sp³-hybridized carbons (Fsp3) is 0.571. The third-order valence-electron chi connectivity index (χ3n) is 3.65. The summed E-state index contributed by atoms with van der Waals surface area (Å²) >= 11 is 0. The summed E-state index contributed by atoms with van der Waals surface area (Å²) in [5.41, 5.74) is -2.91. The monoisotopic (exact) mass is 327 g/mol. The Hall–Kier alpha value is -1.44. The molecular weight excluding hydrogens is 312 g/mol. The molecule has 0 radical (unpaired) electrons. The molecule has 0 bridgehead atoms. The number of benzene rings is 1. The van der Waals surface area contributed by atoms with E-state index in [0.717, 1.165) is 13.5 Å². The molecule has 1 atom stereocenters. The van der Waals surface area contributed by atoms with Gasteiger partial charge in [-0.3, -0.25) is 0 Å². The topological polar surface area (TPSA) is 21.3 Å². The second kappa shape index (κ2) is 5.98. The molecule has 2 rings (SSSR count). The van der Waals surface area contributed by atoms with Gasteiger partial charge in [0.1, 0.15) is 5.75 Å². The zero-order valence-electron chi connectivity index (χ0n) is 11.7. The largest absolute Gasteiger partial charge is 0.496 e. The zero-order chi connectivity index (χ0) is 16.5. The van der Waals surface area contributed by atoms with Crippen molar-refractivity contribution in [1.29, 1.82) is 0 Å². The van der Waals surface area contributed by atoms with Crippen LogP contribution in [0.15, 0.2) is 12.1 Å². The first-order valence-electron chi connectivity index (χ1n) is 6.74. The predicted molar refractivity (Wildman–Crippen MR) is 67.6 cm³/mol. The van der Waals surface area contributed by atoms with Crippen molar-refractivity contribution in [2.75, 3.05) is 13.7 Å². The second-order valence-corrected chi connectivity index (χ2v) is 5.14. The van der Waals surface area contributed by atoms with E-state index in [1.54, 1.807) is 0 Å². The van der Waals surface area contributed by atoms with E-state index in [4.69, 9.17) is 4.74 Å². The highest BCUT2D eigenvalue weighted by molar-refractivity contribution is 5.48. The van der Waals surface area contributed by atoms with E-state index < -0.39 is 29.5 Å². The summed E-state index contributed by atoms with van der Waals surface area (Å²) in [5, 5.41) is 2.92. The maximum atomic E-state index is 13.2. The van der Waals surface area contributed by atoms with Gasteiger partial charge in [0.25, 0.3) is 0 Å². The molecule has 8 heteroatoms. The van der Waals surface area contributed by atoms with Crippen molar-refractivity contribution in [1.82, 2.24) is 5.32 Å². The Morgan fingerprint density at radius 2 is 1.73 bits per heavy atom. The number of ether oxygens (including phenoxy) is 1. The van der Waals surface area contributed by atoms with Crippen LogP contribution >= 0.6 is 0 Å². The lowest BCUT2D eigenvalue weighted by Crippen LogP contribution is -2.29. The number of hydrogen-bond donors (Lipinski definition) is 1. The molecule has 0 aliphatic carbocycles. The van der Waals surface area contributed by atoms with Crippen LogP contribution in [0.5, 0.6) is 5.75 Å². The van der Waals surface area contributed by atoms with E-state index >= 15 is 0 Å². The normalized spacial score (nSPS) is 20.0. The Kier molecular flexibility index (Phi) is 4.60. The molecule has 1 heterocycles. The van der Waals surface area contributed by atoms with Gasteiger partial charge in [-0.2, -0.15) is 26.3 Å². The average molecular weight is 327 g/mol. The lowest BCUT2D eigenvalue weighted by Gasteiger charge is -2.29. The van der Waals surface area contributed by atoms with Crippen molar-refractivity contribution in [2.45, 2.75) is 37.7 Å². The quantitative estimate of drug-likeness (QED) is 0.805. The van der Waals surface area contributed by atoms with E-state index in [9.17, 15) is 26.3 Å². The fourth-order valence-electron chi connectivity index (χ4n) is 2.65. The Bertz CT molecular complexity index is 531. The van der Waals surface area contributed by atoms with Gasteiger partial charge in [0.05, 0.1) is 18.2 Å². The summed E-state index contributed by atoms with van der Waals surface area (Å²) < 4.78 is 83.0. The minimum absolute atomic E-state index is 0.161. The first-order chi connectivity index (χ1) is 10.1. The maximum Gasteiger partial charge on any atom is 0.416 e. The molecule has 1 aromatic carbocycles. The minimum Gasteiger partial charge on any atom is -0.496 e. The van der Waals surface area contributed by atoms with Crippen molar-refractivity contribution in [3.8, 4) is 5.75 Å². The van der Waals surface area contributed by atoms with Gasteiger partial charge < -0.3 is 10.1 Å². The summed E-state index contributed by atoms with van der Waals surface area (Å²) in [6.07, 6.45) is -7.81. The Labute approximate surface area is 123 Å². The van der Waals surface area contributed by atoms with Gasteiger partial charge >= 0.3 is 12.4 Å². The summed E-state index contributed by atoms with van der Waals surface area (Å²) in [5.74, 6) is -0.387. The zero-order valence-corrected chi connectivity index (χ0v) is 11.7. The van der Waals surface area contributed by atoms with E-state index in [1.165, 1.54) is 0 Å². The molecule has 0 unspecified atom stereocenters. The number of methoxy groups -OCH3 is 1. The van der Waals surface area contributed by atoms with Gasteiger partial charge in [-0.15, -0.1) is 0 Å². The molecule has 0 amide bonds. The number of rotatable bonds is 2. The summed E-state index contributed by atoms with van der Waals surface area (Å²) in [6.45, 7) is 0.520. The molecule has 1 fully saturated rings. The highest BCUT2D eigenvalue weighted by atomic mass is 19.4. The van der Waals surface area contributed by atoms with Crippen LogP contribution in [0.3, 0.4) is 0 Å². The average Bonchev–Trinajstić information content (AvgIpc) is 2.44. The molecule has 1 saturated heterocycles. The number of nitrogens with one attached hydrogen (secondary N) is 1. The van der Waals surface area contributed by atoms with Crippen molar-refractivity contribution in [3.05, 3.63) is 28.8 Å². The van der Waals surface area contributed by atoms with Gasteiger partial charge in [0.15, 0.2) is 0 Å². The van der Waals surface area contributed by atoms with Crippen LogP contribution < -0.4 is 10.1 Å². The first-order valence-corrected chi connectivity index (χ1v) is 6.74. The Balaban J connectivity index is 2.63. The van der Waals surface area contributed by atoms with Gasteiger partial charge in [-0.05, 0) is 31.5 Å². The van der Waals surface area contributed by atoms with Gasteiger partial charge in [-0.25, -0.2) is 0 Å². The van der Waals surface area contributed by atoms with Gasteiger partial charge in [0, 0.05) is 11.6 Å². The van der Waals surface area contributed by atoms with Crippen LogP contribution in [0.2, 0.25) is 0 Å². The third-order valence-corrected chi connectivity index (χ3v) is 3.65. The molecule has 1 aliphatic heterocycles. The van der Waals surface area contributed by atoms with E-state index in [2.05, 4.69) is 5.32 Å². The van der Waals surface area contributed by atoms with Crippen molar-refractivity contribution < 1.29 is 31.1 Å². The highest BCUT2D eigenvalue weighted by Crippen LogP contribution is 2.44. The van der Waals surface area contributed by atoms with Crippen LogP contribution in [0.25, 0.3) is 0 Å². The maximum absolute atomic E-state index is 13.2. The van der Waals surface area contributed by atoms with Crippen LogP contribution in [-0.2, 0) is 12.4 Å². The molecule has 124 valence electrons. The standard InChI is InChI=1S/C14H15F6NO/c1-22-11-7-8(13(15,16)17)6-9(14(18,19)20)12(11)10-4-2-3-5-21-10/h6-7,10,21H,2-5H2,1H3/t10-/m0/s1. The highest BCUT2D eigenvalue weighted by Gasteiger charge is 2.41. The Morgan fingerprint density at radius 3 is 2.18 bits per heavy atom. The SMILES string of the molecule is COc1cc(C(F)(F)F)cc(C(F)(F)F)c1[C@@H]1CCCCN1. The van der Waals surface area contributed by atoms with Gasteiger partial charge in [-0.1, -0.05) is 6.42 Å². The second-order valence-electron chi connectivity index (χ2n) is 5.14. The molecule has 1 aliphatic rings. The van der Waals surface area contributed by atoms with E-state index in [0.29, 0.717) is 25.5 Å². The molecule has 1 aromatic rings. The fourth-order valence-corrected chi connectivity index (χ4v) is 2.65. The molecule has 0 saturated carbocycles. The van der Waals surface area contributed by atoms with Crippen LogP contribution in [0.4, 0.5) is 26.3 Å². The molecule has 0 spiro atoms. The smallest absolute Gasteiger partial charge is 0.416 e. The molecule has 22 heavy (non-hydrogen) atoms. The van der Waals surface area contributed by atoms with Crippen LogP contribution in [-0.4, -0.2) is 13.7 Å². The molecule has 2 nitrogen and oxygen atoms in total. The Morgan fingerprint density at radius 1 is 1.05 bits per heavy atom. The minimum atomic E-state index is -4.89. The molecule has 0 aromatic heterocycles. The lowest BCUT2D eigenvalue weighted by atomic mass is 9.91. The number of halogens is 6. The number of hydrogen-bond acceptors (Lipinski definition) is 2. The van der Waals surface area contributed by atoms with E-state index in [1.807, 2.05) is 0 Å². The molecular formula is C14H15F6NO. The summed E-state index contributed by atoms with van der Waals surface area (Å²) in [6, 6.07) is 0.122. The summed E-state index contributed by atoms with van der Waals surface area (Å²) in [4.78, 5) is 0. The summed E-state index contributed by atoms with van der Waals surface area (Å²) in [7, 11) is 1.07. The number of alkyl halides is 6.